The number of anilines is 1. The molecular formula is C28H23ClN2O7. The Labute approximate surface area is 222 Å². The predicted octanol–water partition coefficient (Wildman–Crippen LogP) is 5.78. The van der Waals surface area contributed by atoms with Gasteiger partial charge in [-0.1, -0.05) is 48.0 Å². The number of phenolic OH excluding ortho intramolecular Hbond substituents is 1. The van der Waals surface area contributed by atoms with Gasteiger partial charge in [0.05, 0.1) is 36.1 Å². The lowest BCUT2D eigenvalue weighted by molar-refractivity contribution is -0.110. The Kier molecular flexibility index (Phi) is 6.95. The first-order chi connectivity index (χ1) is 18.4. The maximum absolute atomic E-state index is 12.8. The highest BCUT2D eigenvalue weighted by Gasteiger charge is 2.31. The average molecular weight is 535 g/mol. The zero-order valence-corrected chi connectivity index (χ0v) is 21.2. The van der Waals surface area contributed by atoms with Gasteiger partial charge in [-0.3, -0.25) is 4.79 Å². The topological polar surface area (TPSA) is 123 Å². The van der Waals surface area contributed by atoms with Crippen LogP contribution in [0.4, 0.5) is 5.69 Å². The van der Waals surface area contributed by atoms with Crippen LogP contribution in [0.15, 0.2) is 65.2 Å². The minimum atomic E-state index is -0.507. The van der Waals surface area contributed by atoms with Crippen LogP contribution in [0.25, 0.3) is 33.6 Å². The molecule has 0 bridgehead atoms. The van der Waals surface area contributed by atoms with Crippen LogP contribution in [0, 0.1) is 0 Å². The summed E-state index contributed by atoms with van der Waals surface area (Å²) >= 11 is 6.58. The van der Waals surface area contributed by atoms with Gasteiger partial charge in [0.15, 0.2) is 17.3 Å². The summed E-state index contributed by atoms with van der Waals surface area (Å²) in [7, 11) is 3.04. The van der Waals surface area contributed by atoms with Gasteiger partial charge in [0.2, 0.25) is 5.76 Å². The van der Waals surface area contributed by atoms with Crippen molar-refractivity contribution >= 4 is 34.5 Å². The summed E-state index contributed by atoms with van der Waals surface area (Å²) in [6.07, 6.45) is 0. The number of phenols is 1. The third-order valence-corrected chi connectivity index (χ3v) is 6.39. The summed E-state index contributed by atoms with van der Waals surface area (Å²) in [5.74, 6) is -0.325. The number of methoxy groups -OCH3 is 2. The fraction of sp³-hybridized carbons (Fsp3) is 0.143. The Balaban J connectivity index is 1.49. The van der Waals surface area contributed by atoms with Crippen molar-refractivity contribution in [2.45, 2.75) is 0 Å². The van der Waals surface area contributed by atoms with E-state index >= 15 is 0 Å². The smallest absolute Gasteiger partial charge is 0.260 e. The number of ether oxygens (including phenoxy) is 3. The molecule has 3 N–H and O–H groups in total. The molecule has 0 radical (unpaired) electrons. The van der Waals surface area contributed by atoms with E-state index in [0.29, 0.717) is 39.8 Å². The molecule has 9 nitrogen and oxygen atoms in total. The first kappa shape index (κ1) is 25.2. The van der Waals surface area contributed by atoms with Crippen LogP contribution in [0.1, 0.15) is 11.3 Å². The van der Waals surface area contributed by atoms with Crippen molar-refractivity contribution in [1.82, 2.24) is 5.16 Å². The number of hydrogen-bond acceptors (Lipinski definition) is 8. The first-order valence-electron chi connectivity index (χ1n) is 11.6. The van der Waals surface area contributed by atoms with Gasteiger partial charge in [-0.2, -0.15) is 0 Å². The standard InChI is InChI=1S/C28H23ClN2O7/c1-35-10-11-37-24-14-23(38-31-24)27(33)25-19-12-18(20(29)13-21(19)30-28(25)34)16-8-6-15(7-9-16)17-4-3-5-22(36-2)26(17)32/h3-9,12-14,32-33H,10-11H2,1-2H3,(H,30,34). The first-order valence-corrected chi connectivity index (χ1v) is 11.9. The Bertz CT molecular complexity index is 1540. The number of aromatic nitrogens is 1. The van der Waals surface area contributed by atoms with Crippen molar-refractivity contribution in [2.24, 2.45) is 0 Å². The number of hydrogen-bond donors (Lipinski definition) is 3. The monoisotopic (exact) mass is 534 g/mol. The number of aliphatic hydroxyl groups excluding tert-OH is 1. The number of benzene rings is 3. The Morgan fingerprint density at radius 1 is 1.00 bits per heavy atom. The summed E-state index contributed by atoms with van der Waals surface area (Å²) < 4.78 is 20.7. The molecule has 194 valence electrons. The van der Waals surface area contributed by atoms with Gasteiger partial charge >= 0.3 is 0 Å². The van der Waals surface area contributed by atoms with E-state index in [1.54, 1.807) is 37.4 Å². The zero-order valence-electron chi connectivity index (χ0n) is 20.4. The van der Waals surface area contributed by atoms with Gasteiger partial charge in [0.1, 0.15) is 6.61 Å². The molecule has 2 heterocycles. The van der Waals surface area contributed by atoms with E-state index < -0.39 is 5.91 Å². The molecular weight excluding hydrogens is 512 g/mol. The maximum Gasteiger partial charge on any atom is 0.260 e. The minimum absolute atomic E-state index is 0.0191. The Morgan fingerprint density at radius 2 is 1.74 bits per heavy atom. The summed E-state index contributed by atoms with van der Waals surface area (Å²) in [6.45, 7) is 0.609. The van der Waals surface area contributed by atoms with Crippen molar-refractivity contribution in [3.8, 4) is 39.6 Å². The molecule has 0 atom stereocenters. The maximum atomic E-state index is 12.8. The van der Waals surface area contributed by atoms with E-state index in [1.165, 1.54) is 13.2 Å². The van der Waals surface area contributed by atoms with Gasteiger partial charge in [0.25, 0.3) is 11.8 Å². The molecule has 3 aromatic carbocycles. The van der Waals surface area contributed by atoms with Crippen LogP contribution in [-0.2, 0) is 9.53 Å². The largest absolute Gasteiger partial charge is 0.504 e. The second-order valence-electron chi connectivity index (χ2n) is 8.36. The Hall–Kier alpha value is -4.47. The lowest BCUT2D eigenvalue weighted by Crippen LogP contribution is -2.05. The molecule has 1 aliphatic heterocycles. The molecule has 1 aliphatic rings. The number of aliphatic hydroxyl groups is 1. The van der Waals surface area contributed by atoms with Crippen LogP contribution in [-0.4, -0.2) is 48.7 Å². The molecule has 10 heteroatoms. The predicted molar refractivity (Wildman–Crippen MR) is 142 cm³/mol. The van der Waals surface area contributed by atoms with E-state index in [-0.39, 0.29) is 35.3 Å². The highest BCUT2D eigenvalue weighted by molar-refractivity contribution is 6.38. The number of fused-ring (bicyclic) bond motifs is 1. The Morgan fingerprint density at radius 3 is 2.45 bits per heavy atom. The average Bonchev–Trinajstić information content (AvgIpc) is 3.52. The van der Waals surface area contributed by atoms with Crippen LogP contribution in [0.5, 0.6) is 17.4 Å². The molecule has 5 rings (SSSR count). The number of aromatic hydroxyl groups is 1. The molecule has 38 heavy (non-hydrogen) atoms. The molecule has 1 amide bonds. The number of nitrogens with zero attached hydrogens (tertiary/aromatic N) is 1. The summed E-state index contributed by atoms with van der Waals surface area (Å²) in [4.78, 5) is 12.8. The molecule has 0 fully saturated rings. The van der Waals surface area contributed by atoms with E-state index in [0.717, 1.165) is 11.1 Å². The molecule has 0 spiro atoms. The normalized spacial score (nSPS) is 13.7. The van der Waals surface area contributed by atoms with Crippen molar-refractivity contribution in [3.05, 3.63) is 77.0 Å². The fourth-order valence-electron chi connectivity index (χ4n) is 4.19. The second-order valence-corrected chi connectivity index (χ2v) is 8.77. The molecule has 0 saturated carbocycles. The number of para-hydroxylation sites is 1. The van der Waals surface area contributed by atoms with E-state index in [1.807, 2.05) is 24.3 Å². The minimum Gasteiger partial charge on any atom is -0.504 e. The summed E-state index contributed by atoms with van der Waals surface area (Å²) in [5.41, 5.74) is 3.77. The number of nitrogens with one attached hydrogen (secondary N) is 1. The van der Waals surface area contributed by atoms with Gasteiger partial charge in [-0.15, -0.1) is 0 Å². The van der Waals surface area contributed by atoms with Crippen LogP contribution >= 0.6 is 11.6 Å². The van der Waals surface area contributed by atoms with Gasteiger partial charge in [-0.05, 0) is 34.5 Å². The molecule has 1 aromatic heterocycles. The van der Waals surface area contributed by atoms with Crippen LogP contribution < -0.4 is 14.8 Å². The van der Waals surface area contributed by atoms with E-state index in [9.17, 15) is 15.0 Å². The molecule has 4 aromatic rings. The van der Waals surface area contributed by atoms with Crippen molar-refractivity contribution in [3.63, 3.8) is 0 Å². The fourth-order valence-corrected chi connectivity index (χ4v) is 4.46. The number of halogens is 1. The van der Waals surface area contributed by atoms with Crippen molar-refractivity contribution in [2.75, 3.05) is 32.8 Å². The number of carbonyl (C=O) groups is 1. The van der Waals surface area contributed by atoms with Crippen LogP contribution in [0.3, 0.4) is 0 Å². The van der Waals surface area contributed by atoms with E-state index in [2.05, 4.69) is 10.5 Å². The number of amides is 1. The zero-order chi connectivity index (χ0) is 26.8. The summed E-state index contributed by atoms with van der Waals surface area (Å²) in [5, 5.41) is 28.3. The number of rotatable bonds is 8. The van der Waals surface area contributed by atoms with Crippen molar-refractivity contribution < 1.29 is 33.7 Å². The van der Waals surface area contributed by atoms with Gasteiger partial charge < -0.3 is 34.3 Å². The van der Waals surface area contributed by atoms with Gasteiger partial charge in [-0.25, -0.2) is 0 Å². The SMILES string of the molecule is COCCOc1cc(C(O)=C2C(=O)Nc3cc(Cl)c(-c4ccc(-c5cccc(OC)c5O)cc4)cc32)on1. The highest BCUT2D eigenvalue weighted by atomic mass is 35.5. The van der Waals surface area contributed by atoms with E-state index in [4.69, 9.17) is 30.3 Å². The quantitative estimate of drug-likeness (QED) is 0.148. The third kappa shape index (κ3) is 4.65. The third-order valence-electron chi connectivity index (χ3n) is 6.07. The lowest BCUT2D eigenvalue weighted by Gasteiger charge is -2.11. The van der Waals surface area contributed by atoms with Crippen LogP contribution in [0.2, 0.25) is 5.02 Å². The molecule has 0 saturated heterocycles. The number of carbonyl (C=O) groups excluding carboxylic acids is 1. The molecule has 0 aliphatic carbocycles. The second kappa shape index (κ2) is 10.5. The molecule has 0 unspecified atom stereocenters. The van der Waals surface area contributed by atoms with Gasteiger partial charge in [0, 0.05) is 23.8 Å². The lowest BCUT2D eigenvalue weighted by atomic mass is 9.96. The summed E-state index contributed by atoms with van der Waals surface area (Å²) in [6, 6.07) is 17.4. The van der Waals surface area contributed by atoms with Crippen molar-refractivity contribution in [1.29, 1.82) is 0 Å². The highest BCUT2D eigenvalue weighted by Crippen LogP contribution is 2.43.